The molecule has 0 aromatic carbocycles. The molecule has 24 heteroatoms. The number of carbonyl (C=O) groups is 1. The molecule has 4 atom stereocenters. The zero-order chi connectivity index (χ0) is 43.2. The van der Waals surface area contributed by atoms with Gasteiger partial charge in [0.15, 0.2) is 16.6 Å². The van der Waals surface area contributed by atoms with E-state index in [-0.39, 0.29) is 31.4 Å². The van der Waals surface area contributed by atoms with Gasteiger partial charge in [0.05, 0.1) is 6.61 Å². The van der Waals surface area contributed by atoms with E-state index in [0.29, 0.717) is 25.3 Å². The molecule has 0 aromatic heterocycles. The topological polar surface area (TPSA) is 72.5 Å². The second-order valence-electron chi connectivity index (χ2n) is 15.2. The van der Waals surface area contributed by atoms with Crippen molar-refractivity contribution in [3.8, 4) is 0 Å². The highest BCUT2D eigenvalue weighted by Gasteiger charge is 2.54. The highest BCUT2D eigenvalue weighted by Crippen LogP contribution is 2.41. The molecule has 0 aromatic rings. The maximum atomic E-state index is 13.7. The van der Waals surface area contributed by atoms with Gasteiger partial charge in [0.25, 0.3) is 0 Å². The Balaban J connectivity index is 6.71. The van der Waals surface area contributed by atoms with Crippen LogP contribution in [0.15, 0.2) is 12.2 Å². The summed E-state index contributed by atoms with van der Waals surface area (Å²) in [6.45, 7) is 15.1. The van der Waals surface area contributed by atoms with Gasteiger partial charge in [-0.25, -0.2) is 4.79 Å². The van der Waals surface area contributed by atoms with Gasteiger partial charge >= 0.3 is 56.4 Å². The van der Waals surface area contributed by atoms with Gasteiger partial charge < -0.3 is 25.9 Å². The summed E-state index contributed by atoms with van der Waals surface area (Å²) in [5.41, 5.74) is 0.196. The molecule has 0 radical (unpaired) electrons. The molecule has 0 saturated heterocycles. The Labute approximate surface area is 322 Å². The summed E-state index contributed by atoms with van der Waals surface area (Å²) >= 11 is 0. The molecule has 55 heavy (non-hydrogen) atoms. The predicted molar refractivity (Wildman–Crippen MR) is 196 cm³/mol. The lowest BCUT2D eigenvalue weighted by Crippen LogP contribution is -2.62. The van der Waals surface area contributed by atoms with E-state index in [2.05, 4.69) is 6.58 Å². The van der Waals surface area contributed by atoms with Gasteiger partial charge in [0.1, 0.15) is 6.61 Å². The summed E-state index contributed by atoms with van der Waals surface area (Å²) in [4.78, 5) is 11.5. The first kappa shape index (κ1) is 54.3. The van der Waals surface area contributed by atoms with E-state index < -0.39 is 123 Å². The second kappa shape index (κ2) is 22.0. The van der Waals surface area contributed by atoms with Gasteiger partial charge in [0, 0.05) is 37.9 Å². The molecule has 0 spiro atoms. The lowest BCUT2D eigenvalue weighted by Gasteiger charge is -2.46. The second-order valence-corrected chi connectivity index (χ2v) is 34.7. The fourth-order valence-electron chi connectivity index (χ4n) is 5.75. The van der Waals surface area contributed by atoms with Crippen LogP contribution >= 0.6 is 0 Å². The lowest BCUT2D eigenvalue weighted by molar-refractivity contribution is -0.140. The number of rotatable bonds is 27. The predicted octanol–water partition coefficient (Wildman–Crippen LogP) is 12.2. The molecular weight excluding hydrogens is 853 g/mol. The fraction of sp³-hybridized carbons (Fsp3) is 0.903. The molecule has 328 valence electrons. The van der Waals surface area contributed by atoms with E-state index in [4.69, 9.17) is 25.9 Å². The molecule has 0 heterocycles. The molecule has 0 fully saturated rings. The number of carbonyl (C=O) groups excluding carboxylic acids is 1. The lowest BCUT2D eigenvalue weighted by atomic mass is 10.4. The summed E-state index contributed by atoms with van der Waals surface area (Å²) in [6.07, 6.45) is -23.6. The maximum absolute atomic E-state index is 13.7. The van der Waals surface area contributed by atoms with Crippen LogP contribution in [0.2, 0.25) is 75.5 Å². The Hall–Kier alpha value is -0.746. The van der Waals surface area contributed by atoms with E-state index in [1.54, 1.807) is 20.0 Å². The van der Waals surface area contributed by atoms with Crippen molar-refractivity contribution in [1.29, 1.82) is 0 Å². The van der Waals surface area contributed by atoms with E-state index in [1.807, 2.05) is 0 Å². The first-order valence-electron chi connectivity index (χ1n) is 18.0. The highest BCUT2D eigenvalue weighted by molar-refractivity contribution is 6.91. The Morgan fingerprint density at radius 3 is 1.33 bits per heavy atom. The largest absolute Gasteiger partial charge is 0.460 e. The van der Waals surface area contributed by atoms with Gasteiger partial charge in [-0.1, -0.05) is 26.3 Å². The number of esters is 1. The number of alkyl halides is 12. The quantitative estimate of drug-likeness (QED) is 0.0267. The fourth-order valence-corrected chi connectivity index (χ4v) is 32.6. The smallest absolute Gasteiger partial charge is 0.389 e. The minimum Gasteiger partial charge on any atom is -0.460 e. The molecule has 0 saturated carbocycles. The van der Waals surface area contributed by atoms with Crippen molar-refractivity contribution in [2.45, 2.75) is 159 Å². The maximum Gasteiger partial charge on any atom is 0.389 e. The first-order valence-corrected chi connectivity index (χ1v) is 31.5. The standard InChI is InChI=1S/C31H58F12O7Si5/c1-10-11-21-52(6,22-13-28(32,33)34)48-54(8,24-15-30(38,39)40)50-55(9,25-16-31(41,42)43)49-53(7,23-14-29(35,36)37)47-51(4,5)20-12-17-45-18-19-46-27(44)26(2)3/h2,10-25H2,1,3-9H3. The van der Waals surface area contributed by atoms with Crippen molar-refractivity contribution >= 4 is 48.3 Å². The van der Waals surface area contributed by atoms with E-state index >= 15 is 0 Å². The van der Waals surface area contributed by atoms with Crippen molar-refractivity contribution in [3.63, 3.8) is 0 Å². The highest BCUT2D eigenvalue weighted by atomic mass is 28.5. The van der Waals surface area contributed by atoms with Crippen LogP contribution in [-0.2, 0) is 30.7 Å². The minimum atomic E-state index is -4.83. The molecule has 0 N–H and O–H groups in total. The zero-order valence-corrected chi connectivity index (χ0v) is 37.9. The van der Waals surface area contributed by atoms with Crippen LogP contribution in [0.4, 0.5) is 52.7 Å². The van der Waals surface area contributed by atoms with Crippen LogP contribution in [0.5, 0.6) is 0 Å². The third-order valence-electron chi connectivity index (χ3n) is 8.28. The van der Waals surface area contributed by atoms with Crippen LogP contribution in [0.25, 0.3) is 0 Å². The van der Waals surface area contributed by atoms with Gasteiger partial charge in [-0.15, -0.1) is 0 Å². The van der Waals surface area contributed by atoms with Gasteiger partial charge in [0.2, 0.25) is 0 Å². The number of hydrogen-bond donors (Lipinski definition) is 0. The first-order chi connectivity index (χ1) is 24.5. The third-order valence-corrected chi connectivity index (χ3v) is 30.6. The normalized spacial score (nSPS) is 17.9. The van der Waals surface area contributed by atoms with Crippen LogP contribution in [0.1, 0.15) is 58.8 Å². The van der Waals surface area contributed by atoms with Crippen LogP contribution < -0.4 is 0 Å². The van der Waals surface area contributed by atoms with E-state index in [1.165, 1.54) is 20.0 Å². The van der Waals surface area contributed by atoms with Crippen LogP contribution in [0.3, 0.4) is 0 Å². The summed E-state index contributed by atoms with van der Waals surface area (Å²) in [5.74, 6) is -0.604. The number of hydrogen-bond acceptors (Lipinski definition) is 7. The van der Waals surface area contributed by atoms with Crippen molar-refractivity contribution in [1.82, 2.24) is 0 Å². The molecule has 0 rings (SSSR count). The van der Waals surface area contributed by atoms with Crippen molar-refractivity contribution < 1.29 is 83.4 Å². The third kappa shape index (κ3) is 27.6. The molecule has 0 aliphatic rings. The molecule has 0 bridgehead atoms. The van der Waals surface area contributed by atoms with E-state index in [0.717, 1.165) is 13.1 Å². The van der Waals surface area contributed by atoms with Gasteiger partial charge in [-0.3, -0.25) is 0 Å². The van der Waals surface area contributed by atoms with Gasteiger partial charge in [-0.05, 0) is 88.9 Å². The van der Waals surface area contributed by atoms with Crippen molar-refractivity contribution in [3.05, 3.63) is 12.2 Å². The van der Waals surface area contributed by atoms with Crippen LogP contribution in [0, 0.1) is 0 Å². The average Bonchev–Trinajstić information content (AvgIpc) is 2.98. The Bertz CT molecular complexity index is 1180. The minimum absolute atomic E-state index is 0.0408. The monoisotopic (exact) mass is 910 g/mol. The number of halogens is 12. The Kier molecular flexibility index (Phi) is 21.7. The molecule has 4 unspecified atom stereocenters. The molecule has 0 aliphatic heterocycles. The van der Waals surface area contributed by atoms with E-state index in [9.17, 15) is 57.5 Å². The number of ether oxygens (including phenoxy) is 2. The molecule has 7 nitrogen and oxygen atoms in total. The summed E-state index contributed by atoms with van der Waals surface area (Å²) in [5, 5.41) is 0. The Morgan fingerprint density at radius 1 is 0.527 bits per heavy atom. The summed E-state index contributed by atoms with van der Waals surface area (Å²) in [7, 11) is -19.7. The zero-order valence-electron chi connectivity index (χ0n) is 32.9. The van der Waals surface area contributed by atoms with Gasteiger partial charge in [-0.2, -0.15) is 52.7 Å². The Morgan fingerprint density at radius 2 is 0.927 bits per heavy atom. The molecule has 0 amide bonds. The molecule has 0 aliphatic carbocycles. The SMILES string of the molecule is C=C(C)C(=O)OCCOCCC[Si](C)(C)O[Si](C)(CCC(F)(F)F)O[Si](C)(CCC(F)(F)F)O[Si](C)(CCC(F)(F)F)O[Si](C)(CCCC)CCC(F)(F)F. The number of unbranched alkanes of at least 4 members (excludes halogenated alkanes) is 1. The molecular formula is C31H58F12O7Si5. The van der Waals surface area contributed by atoms with Crippen molar-refractivity contribution in [2.24, 2.45) is 0 Å². The average molecular weight is 911 g/mol. The summed E-state index contributed by atoms with van der Waals surface area (Å²) in [6, 6.07) is -2.74. The summed E-state index contributed by atoms with van der Waals surface area (Å²) < 4.78 is 199. The van der Waals surface area contributed by atoms with Crippen molar-refractivity contribution in [2.75, 3.05) is 19.8 Å². The van der Waals surface area contributed by atoms with Crippen LogP contribution in [-0.4, -0.2) is 92.8 Å².